The van der Waals surface area contributed by atoms with Crippen molar-refractivity contribution >= 4 is 6.09 Å². The Morgan fingerprint density at radius 1 is 1.55 bits per heavy atom. The van der Waals surface area contributed by atoms with Crippen molar-refractivity contribution in [3.05, 3.63) is 0 Å². The van der Waals surface area contributed by atoms with Gasteiger partial charge >= 0.3 is 6.09 Å². The summed E-state index contributed by atoms with van der Waals surface area (Å²) < 4.78 is 12.6. The molecular weight excluding hydrogens is 153 g/mol. The van der Waals surface area contributed by atoms with Crippen LogP contribution in [-0.2, 0) is 0 Å². The van der Waals surface area contributed by atoms with E-state index in [9.17, 15) is 9.18 Å². The van der Waals surface area contributed by atoms with E-state index in [0.29, 0.717) is 0 Å². The van der Waals surface area contributed by atoms with E-state index in [4.69, 9.17) is 10.2 Å². The average molecular weight is 163 g/mol. The number of piperidine rings is 1. The maximum atomic E-state index is 12.6. The van der Waals surface area contributed by atoms with Gasteiger partial charge in [-0.1, -0.05) is 0 Å². The molecule has 2 atom stereocenters. The average Bonchev–Trinajstić information content (AvgIpc) is 1.85. The van der Waals surface area contributed by atoms with E-state index < -0.39 is 18.4 Å². The highest BCUT2D eigenvalue weighted by Crippen LogP contribution is 2.13. The number of likely N-dealkylation sites (tertiary alicyclic amines) is 1. The minimum absolute atomic E-state index is 0.0236. The van der Waals surface area contributed by atoms with E-state index in [1.807, 2.05) is 0 Å². The third-order valence-electron chi connectivity index (χ3n) is 1.65. The summed E-state index contributed by atoms with van der Waals surface area (Å²) in [6.07, 6.45) is -3.21. The lowest BCUT2D eigenvalue weighted by Crippen LogP contribution is -2.46. The molecule has 1 aliphatic heterocycles. The zero-order valence-electron chi connectivity index (χ0n) is 5.90. The molecule has 0 aromatic carbocycles. The lowest BCUT2D eigenvalue weighted by atomic mass is 10.1. The third kappa shape index (κ3) is 2.04. The monoisotopic (exact) mass is 163 g/mol. The summed E-state index contributed by atoms with van der Waals surface area (Å²) in [6.45, 7) is -0.0951. The Labute approximate surface area is 63.2 Å². The topological polar surface area (TPSA) is 60.8 Å². The van der Waals surface area contributed by atoms with Crippen molar-refractivity contribution in [2.75, 3.05) is 13.1 Å². The summed E-state index contributed by atoms with van der Waals surface area (Å²) in [5, 5.41) is 17.4. The molecule has 2 N–H and O–H groups in total. The number of rotatable bonds is 0. The predicted octanol–water partition coefficient (Wildman–Crippen LogP) is 0.0691. The standard InChI is InChI=1S/C6H10FNO3/c7-4-1-5(9)3-8(2-4)6(10)11/h4-5,9H,1-3H2,(H,10,11)/t4?,5-/m0/s1. The van der Waals surface area contributed by atoms with Gasteiger partial charge in [-0.2, -0.15) is 0 Å². The number of carboxylic acid groups (broad SMARTS) is 1. The quantitative estimate of drug-likeness (QED) is 0.531. The minimum atomic E-state index is -1.23. The fourth-order valence-electron chi connectivity index (χ4n) is 1.17. The molecule has 5 heteroatoms. The number of amides is 1. The maximum absolute atomic E-state index is 12.6. The molecule has 0 aromatic rings. The Bertz CT molecular complexity index is 154. The first-order valence-electron chi connectivity index (χ1n) is 3.39. The van der Waals surface area contributed by atoms with Crippen LogP contribution < -0.4 is 0 Å². The highest BCUT2D eigenvalue weighted by molar-refractivity contribution is 5.65. The van der Waals surface area contributed by atoms with Crippen LogP contribution in [0.15, 0.2) is 0 Å². The van der Waals surface area contributed by atoms with Gasteiger partial charge in [0.05, 0.1) is 19.2 Å². The molecule has 0 aromatic heterocycles. The van der Waals surface area contributed by atoms with E-state index >= 15 is 0 Å². The van der Waals surface area contributed by atoms with Gasteiger partial charge in [-0.15, -0.1) is 0 Å². The second-order valence-electron chi connectivity index (χ2n) is 2.67. The molecule has 11 heavy (non-hydrogen) atoms. The summed E-state index contributed by atoms with van der Waals surface area (Å²) in [4.78, 5) is 11.2. The van der Waals surface area contributed by atoms with E-state index in [1.54, 1.807) is 0 Å². The minimum Gasteiger partial charge on any atom is -0.465 e. The lowest BCUT2D eigenvalue weighted by Gasteiger charge is -2.29. The zero-order chi connectivity index (χ0) is 8.43. The largest absolute Gasteiger partial charge is 0.465 e. The van der Waals surface area contributed by atoms with Crippen LogP contribution in [0.1, 0.15) is 6.42 Å². The van der Waals surface area contributed by atoms with Gasteiger partial charge in [0.15, 0.2) is 0 Å². The summed E-state index contributed by atoms with van der Waals surface area (Å²) in [5.74, 6) is 0. The first-order valence-corrected chi connectivity index (χ1v) is 3.39. The molecular formula is C6H10FNO3. The number of hydrogen-bond acceptors (Lipinski definition) is 2. The molecule has 1 amide bonds. The van der Waals surface area contributed by atoms with Crippen molar-refractivity contribution in [2.45, 2.75) is 18.7 Å². The molecule has 1 aliphatic rings. The molecule has 0 radical (unpaired) electrons. The lowest BCUT2D eigenvalue weighted by molar-refractivity contribution is 0.0288. The molecule has 64 valence electrons. The number of aliphatic hydroxyl groups excluding tert-OH is 1. The predicted molar refractivity (Wildman–Crippen MR) is 35.1 cm³/mol. The van der Waals surface area contributed by atoms with Crippen molar-refractivity contribution in [3.63, 3.8) is 0 Å². The number of alkyl halides is 1. The molecule has 1 fully saturated rings. The molecule has 0 saturated carbocycles. The van der Waals surface area contributed by atoms with Gasteiger partial charge in [-0.05, 0) is 0 Å². The number of β-amino-alcohol motifs (C(OH)–C–C–N with tert-alkyl or cyclic N) is 1. The second-order valence-corrected chi connectivity index (χ2v) is 2.67. The van der Waals surface area contributed by atoms with Crippen LogP contribution in [-0.4, -0.2) is 46.6 Å². The number of aliphatic hydroxyl groups is 1. The molecule has 1 heterocycles. The van der Waals surface area contributed by atoms with Crippen molar-refractivity contribution in [1.82, 2.24) is 4.90 Å². The Morgan fingerprint density at radius 2 is 2.18 bits per heavy atom. The molecule has 0 bridgehead atoms. The number of carbonyl (C=O) groups is 1. The van der Waals surface area contributed by atoms with Gasteiger partial charge in [0, 0.05) is 6.42 Å². The first kappa shape index (κ1) is 8.26. The third-order valence-corrected chi connectivity index (χ3v) is 1.65. The second kappa shape index (κ2) is 3.04. The van der Waals surface area contributed by atoms with E-state index in [2.05, 4.69) is 0 Å². The van der Waals surface area contributed by atoms with Gasteiger partial charge < -0.3 is 15.1 Å². The van der Waals surface area contributed by atoms with Crippen LogP contribution in [0.4, 0.5) is 9.18 Å². The van der Waals surface area contributed by atoms with Gasteiger partial charge in [0.1, 0.15) is 6.17 Å². The van der Waals surface area contributed by atoms with Crippen LogP contribution in [0.3, 0.4) is 0 Å². The van der Waals surface area contributed by atoms with E-state index in [-0.39, 0.29) is 19.5 Å². The highest BCUT2D eigenvalue weighted by atomic mass is 19.1. The Kier molecular flexibility index (Phi) is 2.28. The van der Waals surface area contributed by atoms with Gasteiger partial charge in [-0.3, -0.25) is 0 Å². The van der Waals surface area contributed by atoms with E-state index in [1.165, 1.54) is 0 Å². The smallest absolute Gasteiger partial charge is 0.407 e. The van der Waals surface area contributed by atoms with Gasteiger partial charge in [-0.25, -0.2) is 9.18 Å². The van der Waals surface area contributed by atoms with Gasteiger partial charge in [0.2, 0.25) is 0 Å². The normalized spacial score (nSPS) is 32.0. The summed E-state index contributed by atoms with van der Waals surface area (Å²) in [5.41, 5.74) is 0. The molecule has 1 rings (SSSR count). The zero-order valence-corrected chi connectivity index (χ0v) is 5.90. The highest BCUT2D eigenvalue weighted by Gasteiger charge is 2.28. The summed E-state index contributed by atoms with van der Waals surface area (Å²) in [6, 6.07) is 0. The van der Waals surface area contributed by atoms with Crippen molar-refractivity contribution in [3.8, 4) is 0 Å². The summed E-state index contributed by atoms with van der Waals surface area (Å²) >= 11 is 0. The fourth-order valence-corrected chi connectivity index (χ4v) is 1.17. The van der Waals surface area contributed by atoms with Crippen molar-refractivity contribution in [2.24, 2.45) is 0 Å². The van der Waals surface area contributed by atoms with Crippen LogP contribution in [0.5, 0.6) is 0 Å². The van der Waals surface area contributed by atoms with Gasteiger partial charge in [0.25, 0.3) is 0 Å². The van der Waals surface area contributed by atoms with Crippen molar-refractivity contribution in [1.29, 1.82) is 0 Å². The van der Waals surface area contributed by atoms with Crippen LogP contribution in [0, 0.1) is 0 Å². The van der Waals surface area contributed by atoms with E-state index in [0.717, 1.165) is 4.90 Å². The number of nitrogens with zero attached hydrogens (tertiary/aromatic N) is 1. The molecule has 1 unspecified atom stereocenters. The molecule has 4 nitrogen and oxygen atoms in total. The fraction of sp³-hybridized carbons (Fsp3) is 0.833. The Balaban J connectivity index is 2.49. The number of halogens is 1. The Morgan fingerprint density at radius 3 is 2.64 bits per heavy atom. The maximum Gasteiger partial charge on any atom is 0.407 e. The first-order chi connectivity index (χ1) is 5.09. The molecule has 0 spiro atoms. The molecule has 1 saturated heterocycles. The van der Waals surface area contributed by atoms with Crippen LogP contribution >= 0.6 is 0 Å². The summed E-state index contributed by atoms with van der Waals surface area (Å²) in [7, 11) is 0. The number of hydrogen-bond donors (Lipinski definition) is 2. The van der Waals surface area contributed by atoms with Crippen LogP contribution in [0.2, 0.25) is 0 Å². The molecule has 0 aliphatic carbocycles. The Hall–Kier alpha value is -0.840. The van der Waals surface area contributed by atoms with Crippen molar-refractivity contribution < 1.29 is 19.4 Å². The SMILES string of the molecule is O=C(O)N1CC(F)C[C@H](O)C1. The van der Waals surface area contributed by atoms with Crippen LogP contribution in [0.25, 0.3) is 0 Å².